The normalized spacial score (nSPS) is 18.9. The fourth-order valence-corrected chi connectivity index (χ4v) is 3.54. The zero-order valence-electron chi connectivity index (χ0n) is 16.0. The van der Waals surface area contributed by atoms with Crippen molar-refractivity contribution < 1.29 is 24.2 Å². The molecule has 1 aliphatic carbocycles. The summed E-state index contributed by atoms with van der Waals surface area (Å²) in [6.07, 6.45) is 3.00. The Bertz CT molecular complexity index is 850. The van der Waals surface area contributed by atoms with Crippen LogP contribution in [0.1, 0.15) is 36.0 Å². The molecule has 7 nitrogen and oxygen atoms in total. The number of methoxy groups -OCH3 is 2. The topological polar surface area (TPSA) is 97.8 Å². The SMILES string of the molecule is COc1ccc(-c2ccc(C(=O)N[C@H]3CCCC[C@H]3C(=O)O)c(OC)n2)cc1. The average Bonchev–Trinajstić information content (AvgIpc) is 2.73. The van der Waals surface area contributed by atoms with Crippen LogP contribution in [0.25, 0.3) is 11.3 Å². The van der Waals surface area contributed by atoms with Crippen LogP contribution in [0.3, 0.4) is 0 Å². The minimum atomic E-state index is -0.870. The zero-order chi connectivity index (χ0) is 20.1. The summed E-state index contributed by atoms with van der Waals surface area (Å²) in [7, 11) is 3.06. The van der Waals surface area contributed by atoms with Crippen molar-refractivity contribution in [1.82, 2.24) is 10.3 Å². The maximum Gasteiger partial charge on any atom is 0.308 e. The van der Waals surface area contributed by atoms with E-state index in [2.05, 4.69) is 10.3 Å². The van der Waals surface area contributed by atoms with Crippen molar-refractivity contribution in [2.24, 2.45) is 5.92 Å². The van der Waals surface area contributed by atoms with E-state index in [0.717, 1.165) is 24.2 Å². The van der Waals surface area contributed by atoms with Gasteiger partial charge in [-0.15, -0.1) is 0 Å². The number of carbonyl (C=O) groups is 2. The third kappa shape index (κ3) is 4.24. The van der Waals surface area contributed by atoms with Crippen molar-refractivity contribution in [2.45, 2.75) is 31.7 Å². The molecule has 2 aromatic rings. The molecular weight excluding hydrogens is 360 g/mol. The van der Waals surface area contributed by atoms with Gasteiger partial charge < -0.3 is 19.9 Å². The van der Waals surface area contributed by atoms with E-state index in [0.29, 0.717) is 18.5 Å². The largest absolute Gasteiger partial charge is 0.497 e. The molecule has 0 spiro atoms. The van der Waals surface area contributed by atoms with Crippen molar-refractivity contribution >= 4 is 11.9 Å². The average molecular weight is 384 g/mol. The summed E-state index contributed by atoms with van der Waals surface area (Å²) in [5.74, 6) is -0.857. The number of pyridine rings is 1. The molecule has 1 amide bonds. The van der Waals surface area contributed by atoms with Crippen LogP contribution in [0, 0.1) is 5.92 Å². The van der Waals surface area contributed by atoms with Gasteiger partial charge in [-0.3, -0.25) is 9.59 Å². The summed E-state index contributed by atoms with van der Waals surface area (Å²) in [6, 6.07) is 10.4. The van der Waals surface area contributed by atoms with Gasteiger partial charge in [0.25, 0.3) is 5.91 Å². The highest BCUT2D eigenvalue weighted by Crippen LogP contribution is 2.27. The van der Waals surface area contributed by atoms with E-state index in [9.17, 15) is 14.7 Å². The summed E-state index contributed by atoms with van der Waals surface area (Å²) >= 11 is 0. The van der Waals surface area contributed by atoms with Crippen LogP contribution in [-0.2, 0) is 4.79 Å². The summed E-state index contributed by atoms with van der Waals surface area (Å²) in [5.41, 5.74) is 1.82. The van der Waals surface area contributed by atoms with Crippen molar-refractivity contribution in [1.29, 1.82) is 0 Å². The molecule has 0 bridgehead atoms. The van der Waals surface area contributed by atoms with Crippen LogP contribution in [0.5, 0.6) is 11.6 Å². The number of carboxylic acids is 1. The predicted molar refractivity (Wildman–Crippen MR) is 104 cm³/mol. The number of carbonyl (C=O) groups excluding carboxylic acids is 1. The Morgan fingerprint density at radius 3 is 2.39 bits per heavy atom. The molecule has 2 atom stereocenters. The lowest BCUT2D eigenvalue weighted by atomic mass is 9.84. The molecular formula is C21H24N2O5. The first-order chi connectivity index (χ1) is 13.5. The Morgan fingerprint density at radius 1 is 1.04 bits per heavy atom. The number of nitrogens with one attached hydrogen (secondary N) is 1. The Balaban J connectivity index is 1.81. The predicted octanol–water partition coefficient (Wildman–Crippen LogP) is 3.14. The van der Waals surface area contributed by atoms with Gasteiger partial charge in [-0.25, -0.2) is 4.98 Å². The number of ether oxygens (including phenoxy) is 2. The number of aliphatic carboxylic acids is 1. The highest BCUT2D eigenvalue weighted by Gasteiger charge is 2.32. The molecule has 0 radical (unpaired) electrons. The van der Waals surface area contributed by atoms with Crippen LogP contribution >= 0.6 is 0 Å². The second-order valence-corrected chi connectivity index (χ2v) is 6.79. The number of hydrogen-bond donors (Lipinski definition) is 2. The summed E-state index contributed by atoms with van der Waals surface area (Å²) in [5, 5.41) is 12.3. The first-order valence-corrected chi connectivity index (χ1v) is 9.26. The van der Waals surface area contributed by atoms with Gasteiger partial charge in [0.1, 0.15) is 11.3 Å². The lowest BCUT2D eigenvalue weighted by Crippen LogP contribution is -2.45. The lowest BCUT2D eigenvalue weighted by Gasteiger charge is -2.29. The number of amides is 1. The van der Waals surface area contributed by atoms with E-state index in [1.165, 1.54) is 7.11 Å². The number of nitrogens with zero attached hydrogens (tertiary/aromatic N) is 1. The van der Waals surface area contributed by atoms with Gasteiger partial charge in [0.2, 0.25) is 5.88 Å². The summed E-state index contributed by atoms with van der Waals surface area (Å²) in [6.45, 7) is 0. The molecule has 1 heterocycles. The molecule has 1 aromatic carbocycles. The third-order valence-electron chi connectivity index (χ3n) is 5.08. The Kier molecular flexibility index (Phi) is 6.13. The molecule has 7 heteroatoms. The Labute approximate surface area is 163 Å². The van der Waals surface area contributed by atoms with Crippen molar-refractivity contribution in [2.75, 3.05) is 14.2 Å². The minimum absolute atomic E-state index is 0.202. The molecule has 0 saturated heterocycles. The van der Waals surface area contributed by atoms with Crippen LogP contribution < -0.4 is 14.8 Å². The van der Waals surface area contributed by atoms with Gasteiger partial charge in [-0.1, -0.05) is 12.8 Å². The molecule has 1 aliphatic rings. The first kappa shape index (κ1) is 19.7. The van der Waals surface area contributed by atoms with E-state index >= 15 is 0 Å². The fraction of sp³-hybridized carbons (Fsp3) is 0.381. The second kappa shape index (κ2) is 8.73. The van der Waals surface area contributed by atoms with Gasteiger partial charge in [-0.05, 0) is 49.2 Å². The smallest absolute Gasteiger partial charge is 0.308 e. The van der Waals surface area contributed by atoms with Crippen molar-refractivity contribution in [3.8, 4) is 22.9 Å². The van der Waals surface area contributed by atoms with Crippen molar-refractivity contribution in [3.05, 3.63) is 42.0 Å². The highest BCUT2D eigenvalue weighted by atomic mass is 16.5. The fourth-order valence-electron chi connectivity index (χ4n) is 3.54. The number of hydrogen-bond acceptors (Lipinski definition) is 5. The van der Waals surface area contributed by atoms with Gasteiger partial charge in [0, 0.05) is 11.6 Å². The number of benzene rings is 1. The van der Waals surface area contributed by atoms with Crippen LogP contribution in [0.2, 0.25) is 0 Å². The van der Waals surface area contributed by atoms with E-state index < -0.39 is 11.9 Å². The van der Waals surface area contributed by atoms with Crippen LogP contribution in [-0.4, -0.2) is 42.2 Å². The van der Waals surface area contributed by atoms with Gasteiger partial charge in [0.05, 0.1) is 25.8 Å². The number of rotatable bonds is 6. The van der Waals surface area contributed by atoms with E-state index in [-0.39, 0.29) is 23.4 Å². The highest BCUT2D eigenvalue weighted by molar-refractivity contribution is 5.97. The third-order valence-corrected chi connectivity index (χ3v) is 5.08. The minimum Gasteiger partial charge on any atom is -0.497 e. The Morgan fingerprint density at radius 2 is 1.75 bits per heavy atom. The van der Waals surface area contributed by atoms with E-state index in [1.54, 1.807) is 19.2 Å². The molecule has 3 rings (SSSR count). The Hall–Kier alpha value is -3.09. The maximum absolute atomic E-state index is 12.8. The number of carboxylic acid groups (broad SMARTS) is 1. The molecule has 28 heavy (non-hydrogen) atoms. The number of aromatic nitrogens is 1. The zero-order valence-corrected chi connectivity index (χ0v) is 16.0. The molecule has 1 fully saturated rings. The summed E-state index contributed by atoms with van der Waals surface area (Å²) in [4.78, 5) is 28.7. The van der Waals surface area contributed by atoms with Crippen LogP contribution in [0.4, 0.5) is 0 Å². The molecule has 1 saturated carbocycles. The molecule has 1 aromatic heterocycles. The summed E-state index contributed by atoms with van der Waals surface area (Å²) < 4.78 is 10.5. The standard InChI is InChI=1S/C21H24N2O5/c1-27-14-9-7-13(8-10-14)17-12-11-16(20(23-17)28-2)19(24)22-18-6-4-3-5-15(18)21(25)26/h7-12,15,18H,3-6H2,1-2H3,(H,22,24)(H,25,26)/t15-,18+/m1/s1. The first-order valence-electron chi connectivity index (χ1n) is 9.26. The van der Waals surface area contributed by atoms with E-state index in [4.69, 9.17) is 9.47 Å². The van der Waals surface area contributed by atoms with Gasteiger partial charge in [-0.2, -0.15) is 0 Å². The molecule has 0 aliphatic heterocycles. The molecule has 2 N–H and O–H groups in total. The molecule has 148 valence electrons. The van der Waals surface area contributed by atoms with Gasteiger partial charge >= 0.3 is 5.97 Å². The maximum atomic E-state index is 12.8. The molecule has 0 unspecified atom stereocenters. The van der Waals surface area contributed by atoms with Gasteiger partial charge in [0.15, 0.2) is 0 Å². The monoisotopic (exact) mass is 384 g/mol. The van der Waals surface area contributed by atoms with Crippen LogP contribution in [0.15, 0.2) is 36.4 Å². The van der Waals surface area contributed by atoms with E-state index in [1.807, 2.05) is 24.3 Å². The van der Waals surface area contributed by atoms with Crippen molar-refractivity contribution in [3.63, 3.8) is 0 Å². The quantitative estimate of drug-likeness (QED) is 0.794. The second-order valence-electron chi connectivity index (χ2n) is 6.79. The lowest BCUT2D eigenvalue weighted by molar-refractivity contribution is -0.143.